The quantitative estimate of drug-likeness (QED) is 0.487. The van der Waals surface area contributed by atoms with E-state index in [1.807, 2.05) is 12.3 Å². The van der Waals surface area contributed by atoms with E-state index in [1.54, 1.807) is 0 Å². The molecule has 2 N–H and O–H groups in total. The molecular formula is C20H20N2O3S2. The number of rotatable bonds is 5. The number of nitrogens with zero attached hydrogens (tertiary/aromatic N) is 1. The van der Waals surface area contributed by atoms with Gasteiger partial charge >= 0.3 is 5.97 Å². The smallest absolute Gasteiger partial charge is 0.317 e. The minimum absolute atomic E-state index is 0.211. The zero-order valence-corrected chi connectivity index (χ0v) is 16.6. The number of hydrogen-bond acceptors (Lipinski definition) is 5. The largest absolute Gasteiger partial charge is 0.480 e. The summed E-state index contributed by atoms with van der Waals surface area (Å²) in [6, 6.07) is 6.47. The second-order valence-electron chi connectivity index (χ2n) is 6.74. The van der Waals surface area contributed by atoms with Crippen LogP contribution in [0.5, 0.6) is 0 Å². The van der Waals surface area contributed by atoms with Crippen molar-refractivity contribution in [1.29, 1.82) is 0 Å². The number of thioether (sulfide) groups is 1. The number of carbonyl (C=O) groups is 1. The number of carboxylic acid groups (broad SMARTS) is 1. The Morgan fingerprint density at radius 3 is 2.85 bits per heavy atom. The highest BCUT2D eigenvalue weighted by Crippen LogP contribution is 2.34. The van der Waals surface area contributed by atoms with Gasteiger partial charge in [0.1, 0.15) is 10.1 Å². The molecule has 1 aliphatic rings. The molecule has 5 nitrogen and oxygen atoms in total. The van der Waals surface area contributed by atoms with Crippen LogP contribution in [0.2, 0.25) is 0 Å². The molecule has 0 saturated carbocycles. The summed E-state index contributed by atoms with van der Waals surface area (Å²) >= 11 is 2.52. The minimum atomic E-state index is -0.897. The third-order valence-corrected chi connectivity index (χ3v) is 7.09. The number of aliphatic carboxylic acids is 1. The average molecular weight is 401 g/mol. The Morgan fingerprint density at radius 2 is 2.11 bits per heavy atom. The van der Waals surface area contributed by atoms with Crippen molar-refractivity contribution >= 4 is 39.3 Å². The molecule has 7 heteroatoms. The monoisotopic (exact) mass is 400 g/mol. The molecule has 27 heavy (non-hydrogen) atoms. The molecule has 0 saturated heterocycles. The maximum atomic E-state index is 12.7. The predicted octanol–water partition coefficient (Wildman–Crippen LogP) is 4.49. The number of carboxylic acids is 1. The van der Waals surface area contributed by atoms with Crippen LogP contribution in [0.3, 0.4) is 0 Å². The summed E-state index contributed by atoms with van der Waals surface area (Å²) in [6.07, 6.45) is 5.14. The van der Waals surface area contributed by atoms with Crippen LogP contribution in [0, 0.1) is 0 Å². The van der Waals surface area contributed by atoms with Gasteiger partial charge in [0.2, 0.25) is 0 Å². The van der Waals surface area contributed by atoms with Crippen molar-refractivity contribution in [2.45, 2.75) is 49.4 Å². The van der Waals surface area contributed by atoms with Gasteiger partial charge in [0.25, 0.3) is 5.56 Å². The highest BCUT2D eigenvalue weighted by atomic mass is 32.2. The topological polar surface area (TPSA) is 83.0 Å². The van der Waals surface area contributed by atoms with E-state index in [4.69, 9.17) is 0 Å². The van der Waals surface area contributed by atoms with Crippen LogP contribution < -0.4 is 5.56 Å². The van der Waals surface area contributed by atoms with Crippen molar-refractivity contribution in [1.82, 2.24) is 9.97 Å². The lowest BCUT2D eigenvalue weighted by Crippen LogP contribution is -2.17. The zero-order chi connectivity index (χ0) is 19.0. The molecule has 1 aliphatic carbocycles. The molecule has 0 fully saturated rings. The Morgan fingerprint density at radius 1 is 1.33 bits per heavy atom. The first-order chi connectivity index (χ1) is 13.1. The molecule has 4 rings (SSSR count). The number of hydrogen-bond donors (Lipinski definition) is 2. The summed E-state index contributed by atoms with van der Waals surface area (Å²) in [4.78, 5) is 31.9. The average Bonchev–Trinajstić information content (AvgIpc) is 3.10. The lowest BCUT2D eigenvalue weighted by atomic mass is 9.89. The number of thiophene rings is 1. The van der Waals surface area contributed by atoms with Gasteiger partial charge in [-0.05, 0) is 48.8 Å². The molecular weight excluding hydrogens is 380 g/mol. The van der Waals surface area contributed by atoms with Crippen molar-refractivity contribution in [3.63, 3.8) is 0 Å². The fourth-order valence-electron chi connectivity index (χ4n) is 3.54. The summed E-state index contributed by atoms with van der Waals surface area (Å²) in [5, 5.41) is 11.5. The minimum Gasteiger partial charge on any atom is -0.480 e. The standard InChI is InChI=1S/C20H20N2O3S2/c1-2-15(19(24)25)27-20-21-17(23)16-14(10-26-18(16)22-20)13-8-7-11-5-3-4-6-12(11)9-13/h7-10,15H,2-6H2,1H3,(H,24,25)(H,21,22,23). The second-order valence-corrected chi connectivity index (χ2v) is 8.79. The molecule has 1 atom stereocenters. The van der Waals surface area contributed by atoms with Crippen LogP contribution in [0.4, 0.5) is 0 Å². The number of nitrogens with one attached hydrogen (secondary N) is 1. The maximum Gasteiger partial charge on any atom is 0.317 e. The molecule has 2 aromatic heterocycles. The van der Waals surface area contributed by atoms with Crippen LogP contribution >= 0.6 is 23.1 Å². The number of aryl methyl sites for hydroxylation is 2. The Labute approximate surface area is 164 Å². The van der Waals surface area contributed by atoms with E-state index in [2.05, 4.69) is 28.2 Å². The van der Waals surface area contributed by atoms with Crippen molar-refractivity contribution in [3.8, 4) is 11.1 Å². The second kappa shape index (κ2) is 7.48. The van der Waals surface area contributed by atoms with Crippen molar-refractivity contribution in [2.24, 2.45) is 0 Å². The molecule has 0 radical (unpaired) electrons. The first-order valence-electron chi connectivity index (χ1n) is 9.10. The zero-order valence-electron chi connectivity index (χ0n) is 14.9. The summed E-state index contributed by atoms with van der Waals surface area (Å²) < 4.78 is 0. The highest BCUT2D eigenvalue weighted by molar-refractivity contribution is 8.00. The third kappa shape index (κ3) is 3.53. The van der Waals surface area contributed by atoms with Gasteiger partial charge in [0.15, 0.2) is 5.16 Å². The Kier molecular flexibility index (Phi) is 5.06. The fourth-order valence-corrected chi connectivity index (χ4v) is 5.38. The van der Waals surface area contributed by atoms with Gasteiger partial charge in [0.05, 0.1) is 5.39 Å². The number of fused-ring (bicyclic) bond motifs is 2. The van der Waals surface area contributed by atoms with Gasteiger partial charge in [-0.25, -0.2) is 4.98 Å². The van der Waals surface area contributed by atoms with Crippen molar-refractivity contribution < 1.29 is 9.90 Å². The fraction of sp³-hybridized carbons (Fsp3) is 0.350. The van der Waals surface area contributed by atoms with Gasteiger partial charge in [-0.15, -0.1) is 11.3 Å². The Hall–Kier alpha value is -2.12. The van der Waals surface area contributed by atoms with Crippen LogP contribution in [0.15, 0.2) is 33.5 Å². The highest BCUT2D eigenvalue weighted by Gasteiger charge is 2.20. The first kappa shape index (κ1) is 18.3. The number of aromatic amines is 1. The van der Waals surface area contributed by atoms with E-state index < -0.39 is 11.2 Å². The predicted molar refractivity (Wildman–Crippen MR) is 110 cm³/mol. The van der Waals surface area contributed by atoms with Crippen molar-refractivity contribution in [3.05, 3.63) is 45.1 Å². The molecule has 1 aromatic carbocycles. The van der Waals surface area contributed by atoms with Gasteiger partial charge in [0, 0.05) is 10.9 Å². The number of benzene rings is 1. The third-order valence-electron chi connectivity index (χ3n) is 4.98. The van der Waals surface area contributed by atoms with E-state index in [1.165, 1.54) is 35.3 Å². The molecule has 0 bridgehead atoms. The van der Waals surface area contributed by atoms with E-state index in [0.29, 0.717) is 21.8 Å². The normalized spacial score (nSPS) is 14.9. The van der Waals surface area contributed by atoms with Gasteiger partial charge in [-0.2, -0.15) is 0 Å². The number of H-pyrrole nitrogens is 1. The molecule has 0 aliphatic heterocycles. The molecule has 3 aromatic rings. The van der Waals surface area contributed by atoms with Crippen LogP contribution in [0.25, 0.3) is 21.3 Å². The molecule has 1 unspecified atom stereocenters. The number of aromatic nitrogens is 2. The molecule has 2 heterocycles. The van der Waals surface area contributed by atoms with Crippen LogP contribution in [0.1, 0.15) is 37.3 Å². The van der Waals surface area contributed by atoms with E-state index in [0.717, 1.165) is 35.7 Å². The SMILES string of the molecule is CCC(Sc1nc2scc(-c3ccc4c(c3)CCCC4)c2c(=O)[nH]1)C(=O)O. The van der Waals surface area contributed by atoms with Crippen LogP contribution in [-0.2, 0) is 17.6 Å². The van der Waals surface area contributed by atoms with Crippen LogP contribution in [-0.4, -0.2) is 26.3 Å². The van der Waals surface area contributed by atoms with E-state index >= 15 is 0 Å². The van der Waals surface area contributed by atoms with E-state index in [-0.39, 0.29) is 5.56 Å². The van der Waals surface area contributed by atoms with Crippen molar-refractivity contribution in [2.75, 3.05) is 0 Å². The lowest BCUT2D eigenvalue weighted by molar-refractivity contribution is -0.136. The lowest BCUT2D eigenvalue weighted by Gasteiger charge is -2.16. The van der Waals surface area contributed by atoms with E-state index in [9.17, 15) is 14.7 Å². The first-order valence-corrected chi connectivity index (χ1v) is 10.9. The molecule has 0 spiro atoms. The Bertz CT molecular complexity index is 1070. The molecule has 0 amide bonds. The summed E-state index contributed by atoms with van der Waals surface area (Å²) in [5.41, 5.74) is 4.53. The Balaban J connectivity index is 1.74. The summed E-state index contributed by atoms with van der Waals surface area (Å²) in [7, 11) is 0. The van der Waals surface area contributed by atoms with Gasteiger partial charge < -0.3 is 10.1 Å². The van der Waals surface area contributed by atoms with Gasteiger partial charge in [-0.3, -0.25) is 9.59 Å². The van der Waals surface area contributed by atoms with Gasteiger partial charge in [-0.1, -0.05) is 36.9 Å². The summed E-state index contributed by atoms with van der Waals surface area (Å²) in [6.45, 7) is 1.81. The summed E-state index contributed by atoms with van der Waals surface area (Å²) in [5.74, 6) is -0.897. The maximum absolute atomic E-state index is 12.7. The molecule has 140 valence electrons.